The third-order valence-electron chi connectivity index (χ3n) is 5.93. The van der Waals surface area contributed by atoms with Crippen LogP contribution in [0.3, 0.4) is 0 Å². The average molecular weight is 443 g/mol. The van der Waals surface area contributed by atoms with E-state index in [0.717, 1.165) is 27.6 Å². The lowest BCUT2D eigenvalue weighted by Crippen LogP contribution is -2.22. The van der Waals surface area contributed by atoms with E-state index in [1.165, 1.54) is 10.8 Å². The Bertz CT molecular complexity index is 1720. The van der Waals surface area contributed by atoms with E-state index < -0.39 is 28.8 Å². The highest BCUT2D eigenvalue weighted by Crippen LogP contribution is 2.44. The smallest absolute Gasteiger partial charge is 0.343 e. The molecule has 4 aromatic carbocycles. The van der Waals surface area contributed by atoms with Gasteiger partial charge in [-0.1, -0.05) is 36.4 Å². The molecule has 0 radical (unpaired) electrons. The molecule has 5 nitrogen and oxygen atoms in total. The first-order valence-corrected chi connectivity index (χ1v) is 10.4. The molecule has 5 aromatic rings. The summed E-state index contributed by atoms with van der Waals surface area (Å²) in [6.45, 7) is 1.68. The van der Waals surface area contributed by atoms with Gasteiger partial charge in [-0.2, -0.15) is 4.39 Å². The minimum Gasteiger partial charge on any atom is -0.462 e. The number of halogens is 2. The molecule has 33 heavy (non-hydrogen) atoms. The molecule has 0 spiro atoms. The van der Waals surface area contributed by atoms with E-state index in [9.17, 15) is 18.4 Å². The number of aromatic nitrogens is 1. The van der Waals surface area contributed by atoms with Gasteiger partial charge in [0.2, 0.25) is 11.2 Å². The second-order valence-electron chi connectivity index (χ2n) is 7.79. The van der Waals surface area contributed by atoms with Gasteiger partial charge in [0.15, 0.2) is 17.3 Å². The number of carbonyl (C=O) groups excluding carboxylic acids is 1. The maximum Gasteiger partial charge on any atom is 0.343 e. The Kier molecular flexibility index (Phi) is 4.04. The Morgan fingerprint density at radius 2 is 1.79 bits per heavy atom. The Morgan fingerprint density at radius 3 is 2.61 bits per heavy atom. The molecule has 0 atom stereocenters. The summed E-state index contributed by atoms with van der Waals surface area (Å²) in [7, 11) is 0. The molecule has 0 unspecified atom stereocenters. The van der Waals surface area contributed by atoms with Crippen molar-refractivity contribution in [2.24, 2.45) is 0 Å². The minimum atomic E-state index is -1.24. The Balaban J connectivity index is 1.75. The molecule has 6 rings (SSSR count). The van der Waals surface area contributed by atoms with Crippen LogP contribution >= 0.6 is 0 Å². The molecular formula is C26H15F2NO4. The Morgan fingerprint density at radius 1 is 1.00 bits per heavy atom. The van der Waals surface area contributed by atoms with Gasteiger partial charge in [0.1, 0.15) is 11.1 Å². The van der Waals surface area contributed by atoms with Gasteiger partial charge < -0.3 is 14.0 Å². The number of hydrogen-bond donors (Lipinski definition) is 0. The number of fused-ring (bicyclic) bond motifs is 5. The quantitative estimate of drug-likeness (QED) is 0.249. The molecule has 0 saturated heterocycles. The van der Waals surface area contributed by atoms with Crippen LogP contribution in [0, 0.1) is 11.6 Å². The SMILES string of the molecule is CCOC(=O)c1cn2c3c(c(F)c(F)cc3c1=O)Oc1cc3c(ccc4ccccc43)cc1-2. The van der Waals surface area contributed by atoms with Gasteiger partial charge in [0.05, 0.1) is 17.7 Å². The van der Waals surface area contributed by atoms with Gasteiger partial charge in [-0.3, -0.25) is 4.79 Å². The van der Waals surface area contributed by atoms with Crippen molar-refractivity contribution in [3.05, 3.63) is 88.2 Å². The molecule has 0 N–H and O–H groups in total. The van der Waals surface area contributed by atoms with Crippen molar-refractivity contribution in [3.63, 3.8) is 0 Å². The molecular weight excluding hydrogens is 428 g/mol. The number of rotatable bonds is 2. The predicted octanol–water partition coefficient (Wildman–Crippen LogP) is 5.86. The molecule has 0 amide bonds. The van der Waals surface area contributed by atoms with E-state index >= 15 is 0 Å². The van der Waals surface area contributed by atoms with Gasteiger partial charge in [-0.15, -0.1) is 0 Å². The maximum atomic E-state index is 14.8. The van der Waals surface area contributed by atoms with Gasteiger partial charge in [0.25, 0.3) is 0 Å². The highest BCUT2D eigenvalue weighted by Gasteiger charge is 2.29. The summed E-state index contributed by atoms with van der Waals surface area (Å²) in [5.41, 5.74) is -0.474. The van der Waals surface area contributed by atoms with Crippen molar-refractivity contribution in [1.82, 2.24) is 4.57 Å². The van der Waals surface area contributed by atoms with Crippen LogP contribution in [0.4, 0.5) is 8.78 Å². The minimum absolute atomic E-state index is 0.0552. The van der Waals surface area contributed by atoms with Crippen molar-refractivity contribution in [3.8, 4) is 17.2 Å². The van der Waals surface area contributed by atoms with E-state index in [1.807, 2.05) is 42.5 Å². The monoisotopic (exact) mass is 443 g/mol. The molecule has 0 bridgehead atoms. The van der Waals surface area contributed by atoms with Crippen LogP contribution in [0.1, 0.15) is 17.3 Å². The largest absolute Gasteiger partial charge is 0.462 e. The van der Waals surface area contributed by atoms with Gasteiger partial charge in [-0.05, 0) is 46.7 Å². The number of pyridine rings is 1. The fraction of sp³-hybridized carbons (Fsp3) is 0.0769. The van der Waals surface area contributed by atoms with Gasteiger partial charge in [0, 0.05) is 6.20 Å². The van der Waals surface area contributed by atoms with Crippen LogP contribution in [-0.2, 0) is 4.74 Å². The fourth-order valence-corrected chi connectivity index (χ4v) is 4.44. The molecule has 2 heterocycles. The zero-order chi connectivity index (χ0) is 22.9. The summed E-state index contributed by atoms with van der Waals surface area (Å²) in [6.07, 6.45) is 1.30. The number of hydrogen-bond acceptors (Lipinski definition) is 4. The molecule has 1 aliphatic rings. The standard InChI is InChI=1S/C26H15F2NO4/c1-2-32-26(31)18-12-29-20-9-14-8-7-13-5-3-4-6-15(13)16(14)11-21(20)33-25-22(28)19(27)10-17(23(25)29)24(18)30/h3-12H,2H2,1H3. The third-order valence-corrected chi connectivity index (χ3v) is 5.93. The lowest BCUT2D eigenvalue weighted by Gasteiger charge is -2.25. The number of benzene rings is 4. The summed E-state index contributed by atoms with van der Waals surface area (Å²) >= 11 is 0. The number of ether oxygens (including phenoxy) is 2. The maximum absolute atomic E-state index is 14.8. The predicted molar refractivity (Wildman–Crippen MR) is 121 cm³/mol. The van der Waals surface area contributed by atoms with E-state index in [4.69, 9.17) is 9.47 Å². The van der Waals surface area contributed by atoms with Crippen LogP contribution in [0.15, 0.2) is 65.6 Å². The highest BCUT2D eigenvalue weighted by molar-refractivity contribution is 6.09. The van der Waals surface area contributed by atoms with E-state index in [2.05, 4.69) is 0 Å². The molecule has 7 heteroatoms. The number of carbonyl (C=O) groups is 1. The van der Waals surface area contributed by atoms with Crippen molar-refractivity contribution < 1.29 is 23.0 Å². The van der Waals surface area contributed by atoms with Gasteiger partial charge >= 0.3 is 5.97 Å². The zero-order valence-electron chi connectivity index (χ0n) is 17.3. The summed E-state index contributed by atoms with van der Waals surface area (Å²) in [5, 5.41) is 3.58. The fourth-order valence-electron chi connectivity index (χ4n) is 4.44. The summed E-state index contributed by atoms with van der Waals surface area (Å²) < 4.78 is 41.6. The van der Waals surface area contributed by atoms with Crippen molar-refractivity contribution >= 4 is 38.4 Å². The van der Waals surface area contributed by atoms with Crippen LogP contribution in [-0.4, -0.2) is 17.1 Å². The Labute approximate surface area is 185 Å². The molecule has 0 aliphatic carbocycles. The van der Waals surface area contributed by atoms with E-state index in [1.54, 1.807) is 13.0 Å². The highest BCUT2D eigenvalue weighted by atomic mass is 19.2. The van der Waals surface area contributed by atoms with Crippen LogP contribution < -0.4 is 10.2 Å². The molecule has 162 valence electrons. The normalized spacial score (nSPS) is 12.1. The average Bonchev–Trinajstić information content (AvgIpc) is 2.82. The molecule has 1 aliphatic heterocycles. The molecule has 0 fully saturated rings. The third kappa shape index (κ3) is 2.68. The van der Waals surface area contributed by atoms with Gasteiger partial charge in [-0.25, -0.2) is 9.18 Å². The summed E-state index contributed by atoms with van der Waals surface area (Å²) in [4.78, 5) is 25.4. The van der Waals surface area contributed by atoms with E-state index in [0.29, 0.717) is 5.69 Å². The van der Waals surface area contributed by atoms with Crippen molar-refractivity contribution in [2.45, 2.75) is 6.92 Å². The molecule has 0 saturated carbocycles. The van der Waals surface area contributed by atoms with Crippen LogP contribution in [0.25, 0.3) is 38.1 Å². The first-order chi connectivity index (χ1) is 16.0. The first-order valence-electron chi connectivity index (χ1n) is 10.4. The second-order valence-corrected chi connectivity index (χ2v) is 7.79. The molecule has 1 aromatic heterocycles. The van der Waals surface area contributed by atoms with Crippen LogP contribution in [0.2, 0.25) is 0 Å². The lowest BCUT2D eigenvalue weighted by molar-refractivity contribution is 0.0524. The first kappa shape index (κ1) is 19.4. The van der Waals surface area contributed by atoms with Crippen LogP contribution in [0.5, 0.6) is 11.5 Å². The second kappa shape index (κ2) is 6.87. The zero-order valence-corrected chi connectivity index (χ0v) is 17.3. The summed E-state index contributed by atoms with van der Waals surface area (Å²) in [6, 6.07) is 16.1. The van der Waals surface area contributed by atoms with Crippen molar-refractivity contribution in [1.29, 1.82) is 0 Å². The van der Waals surface area contributed by atoms with Crippen molar-refractivity contribution in [2.75, 3.05) is 6.61 Å². The number of esters is 1. The van der Waals surface area contributed by atoms with E-state index in [-0.39, 0.29) is 28.8 Å². The summed E-state index contributed by atoms with van der Waals surface area (Å²) in [5.74, 6) is -3.40. The number of nitrogens with zero attached hydrogens (tertiary/aromatic N) is 1. The lowest BCUT2D eigenvalue weighted by atomic mass is 10.00. The Hall–Kier alpha value is -4.26. The topological polar surface area (TPSA) is 57.5 Å².